The van der Waals surface area contributed by atoms with Crippen LogP contribution in [0.3, 0.4) is 0 Å². The normalized spacial score (nSPS) is 20.4. The Morgan fingerprint density at radius 1 is 1.52 bits per heavy atom. The quantitative estimate of drug-likeness (QED) is 0.707. The van der Waals surface area contributed by atoms with Gasteiger partial charge in [0.25, 0.3) is 10.0 Å². The van der Waals surface area contributed by atoms with Gasteiger partial charge in [0.15, 0.2) is 4.60 Å². The van der Waals surface area contributed by atoms with E-state index in [1.807, 2.05) is 0 Å². The fourth-order valence-corrected chi connectivity index (χ4v) is 4.89. The van der Waals surface area contributed by atoms with E-state index >= 15 is 0 Å². The molecule has 0 amide bonds. The molecule has 10 heteroatoms. The van der Waals surface area contributed by atoms with Crippen LogP contribution in [0.1, 0.15) is 19.8 Å². The highest BCUT2D eigenvalue weighted by Gasteiger charge is 2.37. The van der Waals surface area contributed by atoms with E-state index in [1.165, 1.54) is 16.0 Å². The summed E-state index contributed by atoms with van der Waals surface area (Å²) in [6, 6.07) is 0. The highest BCUT2D eigenvalue weighted by atomic mass is 79.9. The van der Waals surface area contributed by atoms with Crippen LogP contribution in [0.2, 0.25) is 0 Å². The standard InChI is InChI=1S/C11H17BrN4O4S/c1-3-20-11(17)8-5-4-6-16(7-8)21(18,19)10-9(12)13-14-15(10)2/h8H,3-7H2,1-2H3/t8-/m0/s1. The molecule has 1 atom stereocenters. The molecule has 0 spiro atoms. The van der Waals surface area contributed by atoms with Gasteiger partial charge in [-0.25, -0.2) is 13.1 Å². The van der Waals surface area contributed by atoms with Crippen molar-refractivity contribution in [3.05, 3.63) is 4.60 Å². The van der Waals surface area contributed by atoms with E-state index in [1.54, 1.807) is 6.92 Å². The van der Waals surface area contributed by atoms with Crippen LogP contribution in [0.4, 0.5) is 0 Å². The number of carbonyl (C=O) groups is 1. The molecule has 1 saturated heterocycles. The van der Waals surface area contributed by atoms with Crippen molar-refractivity contribution >= 4 is 31.9 Å². The van der Waals surface area contributed by atoms with E-state index in [0.717, 1.165) is 0 Å². The molecule has 0 aliphatic carbocycles. The molecule has 0 saturated carbocycles. The second-order valence-corrected chi connectivity index (χ2v) is 7.37. The van der Waals surface area contributed by atoms with Crippen molar-refractivity contribution in [1.82, 2.24) is 19.3 Å². The predicted octanol–water partition coefficient (Wildman–Crippen LogP) is 0.541. The number of sulfonamides is 1. The Kier molecular flexibility index (Phi) is 4.99. The lowest BCUT2D eigenvalue weighted by Gasteiger charge is -2.30. The number of halogens is 1. The number of hydrogen-bond donors (Lipinski definition) is 0. The van der Waals surface area contributed by atoms with Gasteiger partial charge in [-0.1, -0.05) is 5.21 Å². The van der Waals surface area contributed by atoms with Gasteiger partial charge in [-0.05, 0) is 35.7 Å². The molecule has 2 rings (SSSR count). The Balaban J connectivity index is 2.23. The highest BCUT2D eigenvalue weighted by molar-refractivity contribution is 9.10. The summed E-state index contributed by atoms with van der Waals surface area (Å²) in [7, 11) is -2.23. The van der Waals surface area contributed by atoms with Gasteiger partial charge < -0.3 is 4.74 Å². The number of rotatable bonds is 4. The van der Waals surface area contributed by atoms with Gasteiger partial charge in [0.05, 0.1) is 12.5 Å². The molecule has 1 fully saturated rings. The van der Waals surface area contributed by atoms with Crippen LogP contribution in [0.25, 0.3) is 0 Å². The molecule has 8 nitrogen and oxygen atoms in total. The zero-order valence-corrected chi connectivity index (χ0v) is 14.2. The number of esters is 1. The molecule has 2 heterocycles. The van der Waals surface area contributed by atoms with Crippen LogP contribution in [0.15, 0.2) is 9.63 Å². The molecule has 0 N–H and O–H groups in total. The van der Waals surface area contributed by atoms with Gasteiger partial charge in [0, 0.05) is 20.1 Å². The summed E-state index contributed by atoms with van der Waals surface area (Å²) in [6.07, 6.45) is 1.25. The summed E-state index contributed by atoms with van der Waals surface area (Å²) in [6.45, 7) is 2.52. The molecule has 21 heavy (non-hydrogen) atoms. The molecular weight excluding hydrogens is 364 g/mol. The zero-order valence-electron chi connectivity index (χ0n) is 11.8. The van der Waals surface area contributed by atoms with Gasteiger partial charge in [-0.2, -0.15) is 4.31 Å². The molecular formula is C11H17BrN4O4S. The highest BCUT2D eigenvalue weighted by Crippen LogP contribution is 2.27. The van der Waals surface area contributed by atoms with Gasteiger partial charge in [0.2, 0.25) is 5.03 Å². The Bertz CT molecular complexity index is 611. The van der Waals surface area contributed by atoms with Crippen molar-refractivity contribution in [3.63, 3.8) is 0 Å². The van der Waals surface area contributed by atoms with Gasteiger partial charge in [0.1, 0.15) is 0 Å². The summed E-state index contributed by atoms with van der Waals surface area (Å²) in [5.74, 6) is -0.770. The maximum absolute atomic E-state index is 12.7. The second kappa shape index (κ2) is 6.41. The Morgan fingerprint density at radius 3 is 2.81 bits per heavy atom. The molecule has 1 aromatic heterocycles. The number of carbonyl (C=O) groups excluding carboxylic acids is 1. The topological polar surface area (TPSA) is 94.4 Å². The monoisotopic (exact) mass is 380 g/mol. The number of ether oxygens (including phenoxy) is 1. The molecule has 0 unspecified atom stereocenters. The molecule has 118 valence electrons. The fraction of sp³-hybridized carbons (Fsp3) is 0.727. The van der Waals surface area contributed by atoms with Crippen LogP contribution in [-0.2, 0) is 26.6 Å². The van der Waals surface area contributed by atoms with Crippen LogP contribution in [0.5, 0.6) is 0 Å². The minimum absolute atomic E-state index is 0.00740. The van der Waals surface area contributed by atoms with Crippen LogP contribution >= 0.6 is 15.9 Å². The Labute approximate surface area is 131 Å². The van der Waals surface area contributed by atoms with Crippen LogP contribution in [-0.4, -0.2) is 53.4 Å². The third-order valence-corrected chi connectivity index (χ3v) is 6.08. The first-order valence-electron chi connectivity index (χ1n) is 6.60. The first kappa shape index (κ1) is 16.4. The number of nitrogens with zero attached hydrogens (tertiary/aromatic N) is 4. The van der Waals surface area contributed by atoms with Crippen molar-refractivity contribution in [2.45, 2.75) is 24.8 Å². The molecule has 0 bridgehead atoms. The van der Waals surface area contributed by atoms with Crippen molar-refractivity contribution < 1.29 is 17.9 Å². The lowest BCUT2D eigenvalue weighted by atomic mass is 10.0. The Morgan fingerprint density at radius 2 is 2.24 bits per heavy atom. The van der Waals surface area contributed by atoms with Crippen LogP contribution in [0, 0.1) is 5.92 Å². The molecule has 0 radical (unpaired) electrons. The number of aryl methyl sites for hydroxylation is 1. The summed E-state index contributed by atoms with van der Waals surface area (Å²) in [5.41, 5.74) is 0. The van der Waals surface area contributed by atoms with Crippen LogP contribution < -0.4 is 0 Å². The van der Waals surface area contributed by atoms with Gasteiger partial charge >= 0.3 is 5.97 Å². The lowest BCUT2D eigenvalue weighted by molar-refractivity contribution is -0.149. The summed E-state index contributed by atoms with van der Waals surface area (Å²) < 4.78 is 33.0. The predicted molar refractivity (Wildman–Crippen MR) is 76.8 cm³/mol. The smallest absolute Gasteiger partial charge is 0.310 e. The molecule has 1 aliphatic rings. The SMILES string of the molecule is CCOC(=O)[C@H]1CCCN(S(=O)(=O)c2c(Br)nnn2C)C1. The van der Waals surface area contributed by atoms with Crippen molar-refractivity contribution in [2.24, 2.45) is 13.0 Å². The van der Waals surface area contributed by atoms with E-state index < -0.39 is 15.9 Å². The summed E-state index contributed by atoms with van der Waals surface area (Å²) in [5, 5.41) is 7.37. The lowest BCUT2D eigenvalue weighted by Crippen LogP contribution is -2.43. The minimum Gasteiger partial charge on any atom is -0.466 e. The summed E-state index contributed by atoms with van der Waals surface area (Å²) >= 11 is 3.10. The Hall–Kier alpha value is -1.00. The molecule has 1 aromatic rings. The number of hydrogen-bond acceptors (Lipinski definition) is 6. The first-order valence-corrected chi connectivity index (χ1v) is 8.83. The zero-order chi connectivity index (χ0) is 15.6. The fourth-order valence-electron chi connectivity index (χ4n) is 2.33. The maximum Gasteiger partial charge on any atom is 0.310 e. The van der Waals surface area contributed by atoms with Gasteiger partial charge in [-0.3, -0.25) is 4.79 Å². The third-order valence-electron chi connectivity index (χ3n) is 3.33. The van der Waals surface area contributed by atoms with Gasteiger partial charge in [-0.15, -0.1) is 5.10 Å². The first-order chi connectivity index (χ1) is 9.87. The molecule has 0 aromatic carbocycles. The van der Waals surface area contributed by atoms with E-state index in [2.05, 4.69) is 26.2 Å². The van der Waals surface area contributed by atoms with E-state index in [-0.39, 0.29) is 22.1 Å². The van der Waals surface area contributed by atoms with E-state index in [4.69, 9.17) is 4.74 Å². The average molecular weight is 381 g/mol. The molecule has 1 aliphatic heterocycles. The average Bonchev–Trinajstić information content (AvgIpc) is 2.79. The number of piperidine rings is 1. The summed E-state index contributed by atoms with van der Waals surface area (Å²) in [4.78, 5) is 11.8. The number of aromatic nitrogens is 3. The van der Waals surface area contributed by atoms with Crippen molar-refractivity contribution in [2.75, 3.05) is 19.7 Å². The minimum atomic E-state index is -3.74. The largest absolute Gasteiger partial charge is 0.466 e. The third kappa shape index (κ3) is 3.27. The maximum atomic E-state index is 12.7. The van der Waals surface area contributed by atoms with E-state index in [9.17, 15) is 13.2 Å². The van der Waals surface area contributed by atoms with Crippen molar-refractivity contribution in [3.8, 4) is 0 Å². The second-order valence-electron chi connectivity index (χ2n) is 4.76. The van der Waals surface area contributed by atoms with Crippen molar-refractivity contribution in [1.29, 1.82) is 0 Å². The van der Waals surface area contributed by atoms with E-state index in [0.29, 0.717) is 26.0 Å².